The number of rotatable bonds is 1. The third-order valence-corrected chi connectivity index (χ3v) is 4.95. The molecule has 0 atom stereocenters. The fourth-order valence-electron chi connectivity index (χ4n) is 3.64. The van der Waals surface area contributed by atoms with E-state index in [1.54, 1.807) is 24.3 Å². The molecule has 1 aromatic heterocycles. The highest BCUT2D eigenvalue weighted by molar-refractivity contribution is 6.09. The fraction of sp³-hybridized carbons (Fsp3) is 0.182. The maximum atomic E-state index is 13.7. The van der Waals surface area contributed by atoms with E-state index >= 15 is 0 Å². The molecule has 0 aliphatic rings. The molecule has 0 amide bonds. The van der Waals surface area contributed by atoms with Gasteiger partial charge in [-0.2, -0.15) is 26.3 Å². The van der Waals surface area contributed by atoms with Crippen molar-refractivity contribution in [3.63, 3.8) is 0 Å². The number of hydrogen-bond donors (Lipinski definition) is 0. The van der Waals surface area contributed by atoms with E-state index < -0.39 is 29.2 Å². The Bertz CT molecular complexity index is 1190. The quantitative estimate of drug-likeness (QED) is 0.289. The van der Waals surface area contributed by atoms with E-state index in [4.69, 9.17) is 0 Å². The van der Waals surface area contributed by atoms with Crippen LogP contribution >= 0.6 is 0 Å². The Morgan fingerprint density at radius 3 is 1.59 bits per heavy atom. The van der Waals surface area contributed by atoms with Crippen LogP contribution in [0.1, 0.15) is 22.3 Å². The molecule has 1 nitrogen and oxygen atoms in total. The lowest BCUT2D eigenvalue weighted by Crippen LogP contribution is -2.14. The molecule has 0 aliphatic heterocycles. The minimum Gasteiger partial charge on any atom is -0.309 e. The SMILES string of the molecule is Cc1ccc2c(c1)c1cc(C)ccc1n2-c1cc(C(F)(F)F)ccc1C(F)(F)F. The second kappa shape index (κ2) is 6.27. The van der Waals surface area contributed by atoms with Gasteiger partial charge in [0, 0.05) is 10.8 Å². The van der Waals surface area contributed by atoms with Gasteiger partial charge in [0.05, 0.1) is 27.8 Å². The van der Waals surface area contributed by atoms with Crippen molar-refractivity contribution >= 4 is 21.8 Å². The van der Waals surface area contributed by atoms with E-state index in [1.807, 2.05) is 26.0 Å². The van der Waals surface area contributed by atoms with Gasteiger partial charge in [-0.25, -0.2) is 0 Å². The molecule has 0 saturated carbocycles. The molecule has 1 heterocycles. The first-order valence-corrected chi connectivity index (χ1v) is 8.77. The van der Waals surface area contributed by atoms with E-state index in [1.165, 1.54) is 4.57 Å². The summed E-state index contributed by atoms with van der Waals surface area (Å²) in [4.78, 5) is 0. The summed E-state index contributed by atoms with van der Waals surface area (Å²) in [6.45, 7) is 3.70. The monoisotopic (exact) mass is 407 g/mol. The van der Waals surface area contributed by atoms with Gasteiger partial charge < -0.3 is 4.57 Å². The predicted molar refractivity (Wildman–Crippen MR) is 100 cm³/mol. The molecule has 0 N–H and O–H groups in total. The Morgan fingerprint density at radius 1 is 0.621 bits per heavy atom. The lowest BCUT2D eigenvalue weighted by molar-refractivity contribution is -0.141. The smallest absolute Gasteiger partial charge is 0.309 e. The van der Waals surface area contributed by atoms with Crippen LogP contribution in [0.15, 0.2) is 54.6 Å². The number of halogens is 6. The second-order valence-electron chi connectivity index (χ2n) is 7.10. The number of fused-ring (bicyclic) bond motifs is 3. The number of nitrogens with zero attached hydrogens (tertiary/aromatic N) is 1. The van der Waals surface area contributed by atoms with Crippen LogP contribution in [0.4, 0.5) is 26.3 Å². The number of aryl methyl sites for hydroxylation is 2. The molecule has 29 heavy (non-hydrogen) atoms. The summed E-state index contributed by atoms with van der Waals surface area (Å²) in [5, 5.41) is 1.38. The van der Waals surface area contributed by atoms with Crippen molar-refractivity contribution in [1.82, 2.24) is 4.57 Å². The first kappa shape index (κ1) is 19.4. The van der Waals surface area contributed by atoms with Crippen LogP contribution in [0.5, 0.6) is 0 Å². The van der Waals surface area contributed by atoms with Crippen molar-refractivity contribution in [3.8, 4) is 5.69 Å². The normalized spacial score (nSPS) is 12.8. The minimum atomic E-state index is -4.81. The van der Waals surface area contributed by atoms with E-state index in [0.29, 0.717) is 40.0 Å². The average molecular weight is 407 g/mol. The van der Waals surface area contributed by atoms with Crippen molar-refractivity contribution < 1.29 is 26.3 Å². The van der Waals surface area contributed by atoms with Crippen LogP contribution in [0.2, 0.25) is 0 Å². The lowest BCUT2D eigenvalue weighted by atomic mass is 10.1. The number of aromatic nitrogens is 1. The number of benzene rings is 3. The van der Waals surface area contributed by atoms with Gasteiger partial charge in [-0.05, 0) is 56.3 Å². The van der Waals surface area contributed by atoms with Crippen molar-refractivity contribution in [3.05, 3.63) is 76.9 Å². The van der Waals surface area contributed by atoms with E-state index in [-0.39, 0.29) is 0 Å². The molecule has 0 fully saturated rings. The maximum absolute atomic E-state index is 13.7. The van der Waals surface area contributed by atoms with Gasteiger partial charge in [-0.1, -0.05) is 23.3 Å². The molecule has 0 spiro atoms. The molecule has 0 aliphatic carbocycles. The zero-order valence-electron chi connectivity index (χ0n) is 15.4. The Balaban J connectivity index is 2.19. The molecule has 150 valence electrons. The molecule has 0 bridgehead atoms. The predicted octanol–water partition coefficient (Wildman–Crippen LogP) is 7.44. The van der Waals surface area contributed by atoms with Crippen LogP contribution in [-0.2, 0) is 12.4 Å². The molecule has 0 radical (unpaired) electrons. The first-order valence-electron chi connectivity index (χ1n) is 8.77. The van der Waals surface area contributed by atoms with Crippen molar-refractivity contribution in [1.29, 1.82) is 0 Å². The van der Waals surface area contributed by atoms with E-state index in [2.05, 4.69) is 0 Å². The minimum absolute atomic E-state index is 0.418. The summed E-state index contributed by atoms with van der Waals surface area (Å²) < 4.78 is 82.2. The molecular weight excluding hydrogens is 392 g/mol. The van der Waals surface area contributed by atoms with Gasteiger partial charge >= 0.3 is 12.4 Å². The Morgan fingerprint density at radius 2 is 1.14 bits per heavy atom. The summed E-state index contributed by atoms with van der Waals surface area (Å²) in [6.07, 6.45) is -9.57. The number of alkyl halides is 6. The van der Waals surface area contributed by atoms with Gasteiger partial charge in [-0.15, -0.1) is 0 Å². The Labute approximate surface area is 162 Å². The van der Waals surface area contributed by atoms with Gasteiger partial charge in [0.25, 0.3) is 0 Å². The number of hydrogen-bond acceptors (Lipinski definition) is 0. The van der Waals surface area contributed by atoms with Gasteiger partial charge in [-0.3, -0.25) is 0 Å². The van der Waals surface area contributed by atoms with Gasteiger partial charge in [0.15, 0.2) is 0 Å². The molecular formula is C22H15F6N. The standard InChI is InChI=1S/C22H15F6N/c1-12-3-7-18-15(9-12)16-10-13(2)4-8-19(16)29(18)20-11-14(21(23,24)25)5-6-17(20)22(26,27)28/h3-11H,1-2H3. The van der Waals surface area contributed by atoms with Gasteiger partial charge in [0.1, 0.15) is 0 Å². The average Bonchev–Trinajstić information content (AvgIpc) is 2.92. The molecule has 0 saturated heterocycles. The molecule has 7 heteroatoms. The third-order valence-electron chi connectivity index (χ3n) is 4.95. The zero-order chi connectivity index (χ0) is 21.1. The van der Waals surface area contributed by atoms with Crippen molar-refractivity contribution in [2.45, 2.75) is 26.2 Å². The van der Waals surface area contributed by atoms with Gasteiger partial charge in [0.2, 0.25) is 0 Å². The summed E-state index contributed by atoms with van der Waals surface area (Å²) >= 11 is 0. The maximum Gasteiger partial charge on any atom is 0.418 e. The van der Waals surface area contributed by atoms with E-state index in [0.717, 1.165) is 11.1 Å². The highest BCUT2D eigenvalue weighted by Crippen LogP contribution is 2.41. The van der Waals surface area contributed by atoms with Crippen LogP contribution < -0.4 is 0 Å². The van der Waals surface area contributed by atoms with Crippen LogP contribution in [-0.4, -0.2) is 4.57 Å². The Kier molecular flexibility index (Phi) is 4.19. The lowest BCUT2D eigenvalue weighted by Gasteiger charge is -2.18. The second-order valence-corrected chi connectivity index (χ2v) is 7.10. The fourth-order valence-corrected chi connectivity index (χ4v) is 3.64. The first-order chi connectivity index (χ1) is 13.5. The molecule has 4 rings (SSSR count). The highest BCUT2D eigenvalue weighted by Gasteiger charge is 2.38. The molecule has 3 aromatic carbocycles. The molecule has 4 aromatic rings. The van der Waals surface area contributed by atoms with Crippen LogP contribution in [0, 0.1) is 13.8 Å². The Hall–Kier alpha value is -2.96. The topological polar surface area (TPSA) is 4.93 Å². The third kappa shape index (κ3) is 3.24. The largest absolute Gasteiger partial charge is 0.418 e. The zero-order valence-corrected chi connectivity index (χ0v) is 15.4. The highest BCUT2D eigenvalue weighted by atomic mass is 19.4. The summed E-state index contributed by atoms with van der Waals surface area (Å²) in [6, 6.07) is 11.9. The van der Waals surface area contributed by atoms with Crippen molar-refractivity contribution in [2.75, 3.05) is 0 Å². The summed E-state index contributed by atoms with van der Waals surface area (Å²) in [5.74, 6) is 0. The molecule has 0 unspecified atom stereocenters. The van der Waals surface area contributed by atoms with Crippen LogP contribution in [0.3, 0.4) is 0 Å². The van der Waals surface area contributed by atoms with E-state index in [9.17, 15) is 26.3 Å². The summed E-state index contributed by atoms with van der Waals surface area (Å²) in [5.41, 5.74) is -0.154. The summed E-state index contributed by atoms with van der Waals surface area (Å²) in [7, 11) is 0. The van der Waals surface area contributed by atoms with Crippen molar-refractivity contribution in [2.24, 2.45) is 0 Å². The van der Waals surface area contributed by atoms with Crippen LogP contribution in [0.25, 0.3) is 27.5 Å².